The molecule has 4 rings (SSSR count). The Morgan fingerprint density at radius 1 is 0.962 bits per heavy atom. The van der Waals surface area contributed by atoms with Gasteiger partial charge in [0.1, 0.15) is 0 Å². The van der Waals surface area contributed by atoms with Crippen LogP contribution in [0.4, 0.5) is 5.13 Å². The van der Waals surface area contributed by atoms with E-state index in [9.17, 15) is 4.79 Å². The van der Waals surface area contributed by atoms with Crippen LogP contribution in [0.25, 0.3) is 10.2 Å². The molecule has 4 nitrogen and oxygen atoms in total. The van der Waals surface area contributed by atoms with Gasteiger partial charge in [0, 0.05) is 31.7 Å². The fourth-order valence-electron chi connectivity index (χ4n) is 3.48. The molecule has 5 heteroatoms. The lowest BCUT2D eigenvalue weighted by Gasteiger charge is -2.34. The molecule has 1 aromatic heterocycles. The Kier molecular flexibility index (Phi) is 4.41. The van der Waals surface area contributed by atoms with Crippen LogP contribution in [0.1, 0.15) is 27.0 Å². The van der Waals surface area contributed by atoms with Gasteiger partial charge in [-0.05, 0) is 50.1 Å². The first-order valence-electron chi connectivity index (χ1n) is 9.00. The van der Waals surface area contributed by atoms with Crippen molar-refractivity contribution >= 4 is 32.6 Å². The Labute approximate surface area is 158 Å². The maximum absolute atomic E-state index is 12.8. The van der Waals surface area contributed by atoms with Crippen molar-refractivity contribution in [2.24, 2.45) is 0 Å². The van der Waals surface area contributed by atoms with Crippen molar-refractivity contribution in [3.8, 4) is 0 Å². The largest absolute Gasteiger partial charge is 0.345 e. The SMILES string of the molecule is Cc1ccc(C(=O)N2CCN(c3nc4ccc(C)cc4s3)CC2)c(C)c1. The van der Waals surface area contributed by atoms with Gasteiger partial charge in [-0.2, -0.15) is 0 Å². The highest BCUT2D eigenvalue weighted by Crippen LogP contribution is 2.30. The predicted octanol–water partition coefficient (Wildman–Crippen LogP) is 4.18. The van der Waals surface area contributed by atoms with Gasteiger partial charge in [0.05, 0.1) is 10.2 Å². The summed E-state index contributed by atoms with van der Waals surface area (Å²) in [7, 11) is 0. The Balaban J connectivity index is 1.47. The second-order valence-corrected chi connectivity index (χ2v) is 8.07. The third-order valence-corrected chi connectivity index (χ3v) is 6.06. The molecule has 0 unspecified atom stereocenters. The quantitative estimate of drug-likeness (QED) is 0.683. The molecule has 2 heterocycles. The van der Waals surface area contributed by atoms with E-state index in [2.05, 4.69) is 43.0 Å². The molecule has 0 aliphatic carbocycles. The molecule has 1 aliphatic heterocycles. The van der Waals surface area contributed by atoms with Gasteiger partial charge < -0.3 is 9.80 Å². The monoisotopic (exact) mass is 365 g/mol. The molecule has 1 aliphatic rings. The lowest BCUT2D eigenvalue weighted by Crippen LogP contribution is -2.48. The molecule has 2 aromatic carbocycles. The van der Waals surface area contributed by atoms with Crippen molar-refractivity contribution in [1.29, 1.82) is 0 Å². The van der Waals surface area contributed by atoms with Crippen molar-refractivity contribution in [1.82, 2.24) is 9.88 Å². The van der Waals surface area contributed by atoms with Crippen LogP contribution >= 0.6 is 11.3 Å². The predicted molar refractivity (Wildman–Crippen MR) is 108 cm³/mol. The van der Waals surface area contributed by atoms with Crippen LogP contribution in [0.5, 0.6) is 0 Å². The normalized spacial score (nSPS) is 14.9. The average molecular weight is 366 g/mol. The number of aryl methyl sites for hydroxylation is 3. The van der Waals surface area contributed by atoms with Crippen LogP contribution in [-0.4, -0.2) is 42.0 Å². The summed E-state index contributed by atoms with van der Waals surface area (Å²) in [6.07, 6.45) is 0. The van der Waals surface area contributed by atoms with Gasteiger partial charge in [-0.15, -0.1) is 0 Å². The van der Waals surface area contributed by atoms with E-state index in [0.29, 0.717) is 0 Å². The molecule has 0 N–H and O–H groups in total. The Morgan fingerprint density at radius 2 is 1.65 bits per heavy atom. The third-order valence-electron chi connectivity index (χ3n) is 4.98. The molecule has 134 valence electrons. The number of amides is 1. The minimum absolute atomic E-state index is 0.141. The van der Waals surface area contributed by atoms with Crippen LogP contribution < -0.4 is 4.90 Å². The molecule has 26 heavy (non-hydrogen) atoms. The van der Waals surface area contributed by atoms with Gasteiger partial charge in [0.15, 0.2) is 5.13 Å². The number of anilines is 1. The highest BCUT2D eigenvalue weighted by atomic mass is 32.1. The van der Waals surface area contributed by atoms with E-state index in [1.54, 1.807) is 11.3 Å². The topological polar surface area (TPSA) is 36.4 Å². The average Bonchev–Trinajstić information content (AvgIpc) is 3.04. The van der Waals surface area contributed by atoms with Gasteiger partial charge in [0.25, 0.3) is 5.91 Å². The third kappa shape index (κ3) is 3.19. The summed E-state index contributed by atoms with van der Waals surface area (Å²) in [6, 6.07) is 12.4. The van der Waals surface area contributed by atoms with E-state index in [4.69, 9.17) is 4.98 Å². The van der Waals surface area contributed by atoms with Crippen molar-refractivity contribution in [3.05, 3.63) is 58.7 Å². The van der Waals surface area contributed by atoms with E-state index in [1.807, 2.05) is 24.0 Å². The zero-order valence-electron chi connectivity index (χ0n) is 15.5. The zero-order valence-corrected chi connectivity index (χ0v) is 16.3. The van der Waals surface area contributed by atoms with Gasteiger partial charge in [-0.25, -0.2) is 4.98 Å². The molecule has 0 saturated carbocycles. The molecule has 1 amide bonds. The minimum atomic E-state index is 0.141. The summed E-state index contributed by atoms with van der Waals surface area (Å²) in [4.78, 5) is 21.9. The maximum atomic E-state index is 12.8. The van der Waals surface area contributed by atoms with Gasteiger partial charge >= 0.3 is 0 Å². The smallest absolute Gasteiger partial charge is 0.254 e. The Morgan fingerprint density at radius 3 is 2.38 bits per heavy atom. The van der Waals surface area contributed by atoms with Gasteiger partial charge in [-0.1, -0.05) is 35.1 Å². The molecule has 0 atom stereocenters. The van der Waals surface area contributed by atoms with Crippen LogP contribution in [0, 0.1) is 20.8 Å². The first-order chi connectivity index (χ1) is 12.5. The summed E-state index contributed by atoms with van der Waals surface area (Å²) in [5.74, 6) is 0.141. The summed E-state index contributed by atoms with van der Waals surface area (Å²) in [5.41, 5.74) is 5.38. The van der Waals surface area contributed by atoms with E-state index in [-0.39, 0.29) is 5.91 Å². The number of rotatable bonds is 2. The highest BCUT2D eigenvalue weighted by Gasteiger charge is 2.24. The summed E-state index contributed by atoms with van der Waals surface area (Å²) < 4.78 is 1.23. The fourth-order valence-corrected chi connectivity index (χ4v) is 4.60. The number of piperazine rings is 1. The van der Waals surface area contributed by atoms with Crippen LogP contribution in [-0.2, 0) is 0 Å². The molecular weight excluding hydrogens is 342 g/mol. The molecule has 0 spiro atoms. The first kappa shape index (κ1) is 17.0. The number of thiazole rings is 1. The van der Waals surface area contributed by atoms with E-state index < -0.39 is 0 Å². The Hall–Kier alpha value is -2.40. The molecule has 1 saturated heterocycles. The van der Waals surface area contributed by atoms with Crippen molar-refractivity contribution in [2.45, 2.75) is 20.8 Å². The number of carbonyl (C=O) groups is 1. The second-order valence-electron chi connectivity index (χ2n) is 7.07. The van der Waals surface area contributed by atoms with E-state index in [0.717, 1.165) is 48.0 Å². The van der Waals surface area contributed by atoms with Crippen LogP contribution in [0.2, 0.25) is 0 Å². The molecule has 1 fully saturated rings. The number of fused-ring (bicyclic) bond motifs is 1. The number of carbonyl (C=O) groups excluding carboxylic acids is 1. The Bertz CT molecular complexity index is 971. The summed E-state index contributed by atoms with van der Waals surface area (Å²) in [5, 5.41) is 1.06. The lowest BCUT2D eigenvalue weighted by molar-refractivity contribution is 0.0746. The minimum Gasteiger partial charge on any atom is -0.345 e. The number of nitrogens with zero attached hydrogens (tertiary/aromatic N) is 3. The molecule has 0 bridgehead atoms. The molecule has 0 radical (unpaired) electrons. The maximum Gasteiger partial charge on any atom is 0.254 e. The van der Waals surface area contributed by atoms with E-state index in [1.165, 1.54) is 15.8 Å². The highest BCUT2D eigenvalue weighted by molar-refractivity contribution is 7.22. The van der Waals surface area contributed by atoms with Crippen molar-refractivity contribution in [3.63, 3.8) is 0 Å². The molecular formula is C21H23N3OS. The van der Waals surface area contributed by atoms with Gasteiger partial charge in [-0.3, -0.25) is 4.79 Å². The van der Waals surface area contributed by atoms with E-state index >= 15 is 0 Å². The van der Waals surface area contributed by atoms with Crippen molar-refractivity contribution < 1.29 is 4.79 Å². The summed E-state index contributed by atoms with van der Waals surface area (Å²) >= 11 is 1.74. The number of hydrogen-bond acceptors (Lipinski definition) is 4. The molecule has 3 aromatic rings. The number of hydrogen-bond donors (Lipinski definition) is 0. The summed E-state index contributed by atoms with van der Waals surface area (Å²) in [6.45, 7) is 9.31. The van der Waals surface area contributed by atoms with Crippen LogP contribution in [0.15, 0.2) is 36.4 Å². The number of benzene rings is 2. The zero-order chi connectivity index (χ0) is 18.3. The standard InChI is InChI=1S/C21H23N3OS/c1-14-4-6-17(16(3)12-14)20(25)23-8-10-24(11-9-23)21-22-18-7-5-15(2)13-19(18)26-21/h4-7,12-13H,8-11H2,1-3H3. The van der Waals surface area contributed by atoms with Gasteiger partial charge in [0.2, 0.25) is 0 Å². The van der Waals surface area contributed by atoms with Crippen molar-refractivity contribution in [2.75, 3.05) is 31.1 Å². The van der Waals surface area contributed by atoms with Crippen LogP contribution in [0.3, 0.4) is 0 Å². The fraction of sp³-hybridized carbons (Fsp3) is 0.333. The second kappa shape index (κ2) is 6.72. The number of aromatic nitrogens is 1. The lowest BCUT2D eigenvalue weighted by atomic mass is 10.0. The first-order valence-corrected chi connectivity index (χ1v) is 9.81.